The molecule has 27 heavy (non-hydrogen) atoms. The molecule has 0 aliphatic carbocycles. The standard InChI is InChI=1S/C21H29N5O/c22-21(24-12-8-19-3-1-2-11-23-19)25-15-17-4-6-18(7-5-17)16-26-13-9-20(27)10-14-26/h1-7,11,20,27H,8-10,12-16H2,(H3,22,24,25). The highest BCUT2D eigenvalue weighted by molar-refractivity contribution is 5.77. The largest absolute Gasteiger partial charge is 0.393 e. The molecule has 1 fully saturated rings. The smallest absolute Gasteiger partial charge is 0.188 e. The Morgan fingerprint density at radius 2 is 1.89 bits per heavy atom. The van der Waals surface area contributed by atoms with E-state index in [2.05, 4.69) is 44.5 Å². The Hall–Kier alpha value is -2.44. The van der Waals surface area contributed by atoms with Crippen LogP contribution >= 0.6 is 0 Å². The number of nitrogens with one attached hydrogen (secondary N) is 1. The molecular formula is C21H29N5O. The molecule has 1 aromatic carbocycles. The number of nitrogens with zero attached hydrogens (tertiary/aromatic N) is 3. The molecular weight excluding hydrogens is 338 g/mol. The molecule has 3 rings (SSSR count). The van der Waals surface area contributed by atoms with Crippen LogP contribution in [-0.4, -0.2) is 46.7 Å². The molecule has 1 saturated heterocycles. The van der Waals surface area contributed by atoms with Crippen molar-refractivity contribution >= 4 is 5.96 Å². The van der Waals surface area contributed by atoms with Gasteiger partial charge >= 0.3 is 0 Å². The zero-order valence-corrected chi connectivity index (χ0v) is 15.7. The SMILES string of the molecule is NC(=NCc1ccc(CN2CCC(O)CC2)cc1)NCCc1ccccn1. The summed E-state index contributed by atoms with van der Waals surface area (Å²) < 4.78 is 0. The highest BCUT2D eigenvalue weighted by Crippen LogP contribution is 2.14. The van der Waals surface area contributed by atoms with E-state index in [-0.39, 0.29) is 6.10 Å². The summed E-state index contributed by atoms with van der Waals surface area (Å²) in [5.41, 5.74) is 9.41. The number of likely N-dealkylation sites (tertiary alicyclic amines) is 1. The maximum atomic E-state index is 9.59. The summed E-state index contributed by atoms with van der Waals surface area (Å²) in [6, 6.07) is 14.4. The lowest BCUT2D eigenvalue weighted by atomic mass is 10.1. The molecule has 6 heteroatoms. The van der Waals surface area contributed by atoms with E-state index in [4.69, 9.17) is 5.73 Å². The van der Waals surface area contributed by atoms with Crippen LogP contribution in [0.15, 0.2) is 53.7 Å². The Kier molecular flexibility index (Phi) is 7.19. The van der Waals surface area contributed by atoms with Crippen molar-refractivity contribution in [1.29, 1.82) is 0 Å². The van der Waals surface area contributed by atoms with Crippen molar-refractivity contribution in [2.75, 3.05) is 19.6 Å². The zero-order valence-electron chi connectivity index (χ0n) is 15.7. The maximum Gasteiger partial charge on any atom is 0.188 e. The highest BCUT2D eigenvalue weighted by Gasteiger charge is 2.16. The Balaban J connectivity index is 1.40. The number of benzene rings is 1. The molecule has 1 aliphatic heterocycles. The van der Waals surface area contributed by atoms with Gasteiger partial charge in [-0.2, -0.15) is 0 Å². The van der Waals surface area contributed by atoms with E-state index in [1.54, 1.807) is 6.20 Å². The van der Waals surface area contributed by atoms with Gasteiger partial charge in [-0.25, -0.2) is 4.99 Å². The van der Waals surface area contributed by atoms with Crippen LogP contribution < -0.4 is 11.1 Å². The fourth-order valence-corrected chi connectivity index (χ4v) is 3.18. The number of aromatic nitrogens is 1. The number of piperidine rings is 1. The van der Waals surface area contributed by atoms with Crippen molar-refractivity contribution in [3.05, 3.63) is 65.5 Å². The van der Waals surface area contributed by atoms with Crippen LogP contribution in [0.25, 0.3) is 0 Å². The predicted octanol–water partition coefficient (Wildman–Crippen LogP) is 1.69. The second kappa shape index (κ2) is 10.0. The Morgan fingerprint density at radius 3 is 2.59 bits per heavy atom. The number of hydrogen-bond acceptors (Lipinski definition) is 4. The number of nitrogens with two attached hydrogens (primary N) is 1. The lowest BCUT2D eigenvalue weighted by Crippen LogP contribution is -2.35. The van der Waals surface area contributed by atoms with Crippen molar-refractivity contribution in [2.24, 2.45) is 10.7 Å². The number of aliphatic imine (C=N–C) groups is 1. The molecule has 0 bridgehead atoms. The summed E-state index contributed by atoms with van der Waals surface area (Å²) in [5.74, 6) is 0.460. The molecule has 1 aliphatic rings. The summed E-state index contributed by atoms with van der Waals surface area (Å²) in [5, 5.41) is 12.7. The topological polar surface area (TPSA) is 86.8 Å². The minimum Gasteiger partial charge on any atom is -0.393 e. The van der Waals surface area contributed by atoms with Crippen molar-refractivity contribution in [3.8, 4) is 0 Å². The molecule has 0 saturated carbocycles. The second-order valence-corrected chi connectivity index (χ2v) is 7.02. The van der Waals surface area contributed by atoms with E-state index < -0.39 is 0 Å². The number of hydrogen-bond donors (Lipinski definition) is 3. The number of rotatable bonds is 7. The summed E-state index contributed by atoms with van der Waals surface area (Å²) in [6.07, 6.45) is 4.24. The van der Waals surface area contributed by atoms with E-state index in [0.717, 1.165) is 56.7 Å². The summed E-state index contributed by atoms with van der Waals surface area (Å²) in [6.45, 7) is 4.16. The van der Waals surface area contributed by atoms with Gasteiger partial charge in [-0.05, 0) is 36.1 Å². The van der Waals surface area contributed by atoms with Gasteiger partial charge in [0.05, 0.1) is 12.6 Å². The maximum absolute atomic E-state index is 9.59. The minimum absolute atomic E-state index is 0.121. The molecule has 0 atom stereocenters. The van der Waals surface area contributed by atoms with Crippen LogP contribution in [0.3, 0.4) is 0 Å². The van der Waals surface area contributed by atoms with Crippen LogP contribution in [0.2, 0.25) is 0 Å². The van der Waals surface area contributed by atoms with E-state index >= 15 is 0 Å². The molecule has 2 heterocycles. The van der Waals surface area contributed by atoms with Crippen molar-refractivity contribution < 1.29 is 5.11 Å². The molecule has 0 radical (unpaired) electrons. The fourth-order valence-electron chi connectivity index (χ4n) is 3.18. The fraction of sp³-hybridized carbons (Fsp3) is 0.429. The summed E-state index contributed by atoms with van der Waals surface area (Å²) in [4.78, 5) is 11.1. The number of guanidine groups is 1. The first-order valence-electron chi connectivity index (χ1n) is 9.61. The van der Waals surface area contributed by atoms with E-state index in [9.17, 15) is 5.11 Å². The Bertz CT molecular complexity index is 709. The van der Waals surface area contributed by atoms with Gasteiger partial charge in [-0.3, -0.25) is 9.88 Å². The lowest BCUT2D eigenvalue weighted by Gasteiger charge is -2.29. The van der Waals surface area contributed by atoms with Gasteiger partial charge in [0.25, 0.3) is 0 Å². The van der Waals surface area contributed by atoms with E-state index in [1.807, 2.05) is 18.2 Å². The van der Waals surface area contributed by atoms with Gasteiger partial charge < -0.3 is 16.2 Å². The van der Waals surface area contributed by atoms with Crippen LogP contribution in [0, 0.1) is 0 Å². The van der Waals surface area contributed by atoms with Gasteiger partial charge in [-0.15, -0.1) is 0 Å². The number of aliphatic hydroxyl groups excluding tert-OH is 1. The van der Waals surface area contributed by atoms with Gasteiger partial charge in [0, 0.05) is 44.5 Å². The van der Waals surface area contributed by atoms with Gasteiger partial charge in [-0.1, -0.05) is 30.3 Å². The lowest BCUT2D eigenvalue weighted by molar-refractivity contribution is 0.0792. The quantitative estimate of drug-likeness (QED) is 0.512. The van der Waals surface area contributed by atoms with Gasteiger partial charge in [0.15, 0.2) is 5.96 Å². The third-order valence-corrected chi connectivity index (χ3v) is 4.83. The first-order chi connectivity index (χ1) is 13.2. The molecule has 0 spiro atoms. The Labute approximate surface area is 161 Å². The third-order valence-electron chi connectivity index (χ3n) is 4.83. The molecule has 1 aromatic heterocycles. The monoisotopic (exact) mass is 367 g/mol. The van der Waals surface area contributed by atoms with E-state index in [0.29, 0.717) is 12.5 Å². The van der Waals surface area contributed by atoms with Crippen LogP contribution in [0.4, 0.5) is 0 Å². The Morgan fingerprint density at radius 1 is 1.15 bits per heavy atom. The third kappa shape index (κ3) is 6.66. The van der Waals surface area contributed by atoms with Gasteiger partial charge in [0.2, 0.25) is 0 Å². The highest BCUT2D eigenvalue weighted by atomic mass is 16.3. The van der Waals surface area contributed by atoms with E-state index in [1.165, 1.54) is 5.56 Å². The molecule has 0 unspecified atom stereocenters. The average molecular weight is 367 g/mol. The first-order valence-corrected chi connectivity index (χ1v) is 9.61. The normalized spacial score (nSPS) is 16.4. The summed E-state index contributed by atoms with van der Waals surface area (Å²) in [7, 11) is 0. The van der Waals surface area contributed by atoms with Crippen LogP contribution in [-0.2, 0) is 19.5 Å². The van der Waals surface area contributed by atoms with Crippen molar-refractivity contribution in [2.45, 2.75) is 38.5 Å². The average Bonchev–Trinajstić information content (AvgIpc) is 2.70. The molecule has 144 valence electrons. The minimum atomic E-state index is -0.121. The van der Waals surface area contributed by atoms with Crippen molar-refractivity contribution in [3.63, 3.8) is 0 Å². The molecule has 4 N–H and O–H groups in total. The second-order valence-electron chi connectivity index (χ2n) is 7.02. The van der Waals surface area contributed by atoms with Crippen molar-refractivity contribution in [1.82, 2.24) is 15.2 Å². The number of pyridine rings is 1. The van der Waals surface area contributed by atoms with Gasteiger partial charge in [0.1, 0.15) is 0 Å². The zero-order chi connectivity index (χ0) is 18.9. The molecule has 0 amide bonds. The predicted molar refractivity (Wildman–Crippen MR) is 108 cm³/mol. The van der Waals surface area contributed by atoms with Crippen LogP contribution in [0.5, 0.6) is 0 Å². The first kappa shape index (κ1) is 19.3. The molecule has 6 nitrogen and oxygen atoms in total. The summed E-state index contributed by atoms with van der Waals surface area (Å²) >= 11 is 0. The number of aliphatic hydroxyl groups is 1. The van der Waals surface area contributed by atoms with Crippen LogP contribution in [0.1, 0.15) is 29.7 Å². The molecule has 2 aromatic rings.